The number of carbonyl (C=O) groups excluding carboxylic acids is 1. The molecule has 3 aromatic carbocycles. The monoisotopic (exact) mass is 540 g/mol. The standard InChI is InChI=1S/C29H21FN4O4S/c1-38-29-26-14-20(16-33-29)17-8-9-25-24(13-17)22(10-11-31-25)23-7-3-5-19(27(23)30)15-32-28(35)18-4-2-6-21(12-18)39(36,37)34-26/h2-14,16,34H,15H2,1H3,(H,32,35). The minimum absolute atomic E-state index is 0.0765. The number of anilines is 1. The molecule has 8 bridgehead atoms. The molecule has 0 saturated carbocycles. The molecule has 0 atom stereocenters. The molecule has 0 unspecified atom stereocenters. The van der Waals surface area contributed by atoms with Crippen molar-refractivity contribution in [3.05, 3.63) is 102 Å². The maximum atomic E-state index is 15.8. The second-order valence-corrected chi connectivity index (χ2v) is 10.6. The lowest BCUT2D eigenvalue weighted by atomic mass is 9.96. The number of hydrogen-bond acceptors (Lipinski definition) is 6. The maximum Gasteiger partial charge on any atom is 0.262 e. The molecule has 2 N–H and O–H groups in total. The van der Waals surface area contributed by atoms with Gasteiger partial charge in [0, 0.05) is 46.6 Å². The number of aromatic nitrogens is 2. The summed E-state index contributed by atoms with van der Waals surface area (Å²) in [5.41, 5.74) is 3.51. The van der Waals surface area contributed by atoms with Crippen LogP contribution in [0.5, 0.6) is 5.88 Å². The summed E-state index contributed by atoms with van der Waals surface area (Å²) >= 11 is 0. The van der Waals surface area contributed by atoms with Gasteiger partial charge in [0.25, 0.3) is 15.9 Å². The molecule has 194 valence electrons. The lowest BCUT2D eigenvalue weighted by Gasteiger charge is -2.15. The lowest BCUT2D eigenvalue weighted by Crippen LogP contribution is -2.24. The molecule has 0 spiro atoms. The molecule has 1 amide bonds. The molecular weight excluding hydrogens is 519 g/mol. The Balaban J connectivity index is 1.61. The third kappa shape index (κ3) is 4.44. The minimum Gasteiger partial charge on any atom is -0.480 e. The normalized spacial score (nSPS) is 14.2. The predicted molar refractivity (Wildman–Crippen MR) is 145 cm³/mol. The van der Waals surface area contributed by atoms with E-state index in [1.54, 1.807) is 42.7 Å². The van der Waals surface area contributed by atoms with Crippen LogP contribution in [0.2, 0.25) is 0 Å². The molecule has 39 heavy (non-hydrogen) atoms. The number of pyridine rings is 2. The highest BCUT2D eigenvalue weighted by Crippen LogP contribution is 2.35. The molecule has 0 fully saturated rings. The minimum atomic E-state index is -4.12. The van der Waals surface area contributed by atoms with Gasteiger partial charge in [0.2, 0.25) is 5.88 Å². The SMILES string of the molecule is COc1ncc2cc1NS(=O)(=O)c1cccc(c1)C(=O)NCc1cccc(c1F)-c1ccnc3ccc-2cc13. The highest BCUT2D eigenvalue weighted by Gasteiger charge is 2.21. The highest BCUT2D eigenvalue weighted by molar-refractivity contribution is 7.92. The van der Waals surface area contributed by atoms with E-state index in [4.69, 9.17) is 4.74 Å². The fraction of sp³-hybridized carbons (Fsp3) is 0.0690. The van der Waals surface area contributed by atoms with Crippen LogP contribution in [0.1, 0.15) is 15.9 Å². The van der Waals surface area contributed by atoms with E-state index in [9.17, 15) is 13.2 Å². The van der Waals surface area contributed by atoms with Crippen molar-refractivity contribution in [1.82, 2.24) is 15.3 Å². The molecule has 0 aliphatic carbocycles. The Kier molecular flexibility index (Phi) is 5.96. The Labute approximate surface area is 223 Å². The average molecular weight is 541 g/mol. The van der Waals surface area contributed by atoms with Gasteiger partial charge in [-0.05, 0) is 53.6 Å². The van der Waals surface area contributed by atoms with Gasteiger partial charge in [-0.15, -0.1) is 0 Å². The van der Waals surface area contributed by atoms with Crippen LogP contribution >= 0.6 is 0 Å². The molecule has 6 rings (SSSR count). The van der Waals surface area contributed by atoms with E-state index < -0.39 is 21.7 Å². The van der Waals surface area contributed by atoms with Crippen molar-refractivity contribution in [3.8, 4) is 28.1 Å². The number of ether oxygens (including phenoxy) is 1. The smallest absolute Gasteiger partial charge is 0.262 e. The number of rotatable bonds is 1. The topological polar surface area (TPSA) is 110 Å². The van der Waals surface area contributed by atoms with Crippen LogP contribution in [0.3, 0.4) is 0 Å². The Bertz CT molecular complexity index is 1890. The van der Waals surface area contributed by atoms with Crippen molar-refractivity contribution in [1.29, 1.82) is 0 Å². The summed E-state index contributed by atoms with van der Waals surface area (Å²) in [5.74, 6) is -0.934. The van der Waals surface area contributed by atoms with Gasteiger partial charge in [0.05, 0.1) is 17.5 Å². The van der Waals surface area contributed by atoms with Crippen molar-refractivity contribution in [2.24, 2.45) is 0 Å². The van der Waals surface area contributed by atoms with Gasteiger partial charge >= 0.3 is 0 Å². The molecule has 2 aromatic heterocycles. The fourth-order valence-corrected chi connectivity index (χ4v) is 5.71. The number of fused-ring (bicyclic) bond motifs is 9. The van der Waals surface area contributed by atoms with Crippen LogP contribution in [0.25, 0.3) is 33.2 Å². The summed E-state index contributed by atoms with van der Waals surface area (Å²) in [5, 5.41) is 3.39. The number of sulfonamides is 1. The second-order valence-electron chi connectivity index (χ2n) is 8.97. The quantitative estimate of drug-likeness (QED) is 0.304. The molecule has 8 nitrogen and oxygen atoms in total. The number of nitrogens with zero attached hydrogens (tertiary/aromatic N) is 2. The van der Waals surface area contributed by atoms with Crippen molar-refractivity contribution in [3.63, 3.8) is 0 Å². The van der Waals surface area contributed by atoms with Crippen molar-refractivity contribution in [2.75, 3.05) is 11.8 Å². The molecular formula is C29H21FN4O4S. The number of benzene rings is 3. The zero-order valence-electron chi connectivity index (χ0n) is 20.6. The molecule has 0 saturated heterocycles. The van der Waals surface area contributed by atoms with Crippen LogP contribution in [-0.2, 0) is 16.6 Å². The molecule has 1 aliphatic rings. The van der Waals surface area contributed by atoms with Gasteiger partial charge in [0.1, 0.15) is 11.5 Å². The summed E-state index contributed by atoms with van der Waals surface area (Å²) in [6, 6.07) is 19.5. The number of carbonyl (C=O) groups is 1. The highest BCUT2D eigenvalue weighted by atomic mass is 32.2. The van der Waals surface area contributed by atoms with E-state index in [-0.39, 0.29) is 34.1 Å². The number of methoxy groups -OCH3 is 1. The number of hydrogen-bond donors (Lipinski definition) is 2. The zero-order chi connectivity index (χ0) is 27.1. The first-order chi connectivity index (χ1) is 18.8. The summed E-state index contributed by atoms with van der Waals surface area (Å²) < 4.78 is 50.3. The van der Waals surface area contributed by atoms with E-state index in [0.29, 0.717) is 27.6 Å². The Morgan fingerprint density at radius 2 is 1.74 bits per heavy atom. The summed E-state index contributed by atoms with van der Waals surface area (Å²) in [6.07, 6.45) is 3.18. The first-order valence-electron chi connectivity index (χ1n) is 12.0. The van der Waals surface area contributed by atoms with Crippen molar-refractivity contribution in [2.45, 2.75) is 11.4 Å². The lowest BCUT2D eigenvalue weighted by molar-refractivity contribution is 0.0950. The number of amides is 1. The average Bonchev–Trinajstić information content (AvgIpc) is 2.95. The predicted octanol–water partition coefficient (Wildman–Crippen LogP) is 5.16. The number of halogens is 1. The third-order valence-corrected chi connectivity index (χ3v) is 7.94. The van der Waals surface area contributed by atoms with Crippen molar-refractivity contribution >= 4 is 32.5 Å². The maximum absolute atomic E-state index is 15.8. The summed E-state index contributed by atoms with van der Waals surface area (Å²) in [6.45, 7) is -0.0879. The van der Waals surface area contributed by atoms with E-state index >= 15 is 4.39 Å². The van der Waals surface area contributed by atoms with Gasteiger partial charge < -0.3 is 10.1 Å². The Morgan fingerprint density at radius 3 is 2.59 bits per heavy atom. The summed E-state index contributed by atoms with van der Waals surface area (Å²) in [7, 11) is -2.73. The van der Waals surface area contributed by atoms with Gasteiger partial charge in [-0.1, -0.05) is 30.3 Å². The third-order valence-electron chi connectivity index (χ3n) is 6.58. The van der Waals surface area contributed by atoms with E-state index in [0.717, 1.165) is 5.56 Å². The summed E-state index contributed by atoms with van der Waals surface area (Å²) in [4.78, 5) is 21.5. The van der Waals surface area contributed by atoms with Crippen LogP contribution < -0.4 is 14.8 Å². The van der Waals surface area contributed by atoms with Crippen LogP contribution in [0.4, 0.5) is 10.1 Å². The van der Waals surface area contributed by atoms with Crippen LogP contribution in [0, 0.1) is 5.82 Å². The van der Waals surface area contributed by atoms with Crippen LogP contribution in [-0.4, -0.2) is 31.4 Å². The van der Waals surface area contributed by atoms with E-state index in [2.05, 4.69) is 20.0 Å². The molecule has 0 radical (unpaired) electrons. The Morgan fingerprint density at radius 1 is 0.897 bits per heavy atom. The molecule has 10 heteroatoms. The molecule has 3 heterocycles. The van der Waals surface area contributed by atoms with Crippen LogP contribution in [0.15, 0.2) is 90.1 Å². The molecule has 1 aliphatic heterocycles. The van der Waals surface area contributed by atoms with E-state index in [1.165, 1.54) is 31.4 Å². The second kappa shape index (κ2) is 9.48. The first kappa shape index (κ1) is 24.5. The number of nitrogens with one attached hydrogen (secondary N) is 2. The van der Waals surface area contributed by atoms with Crippen molar-refractivity contribution < 1.29 is 22.3 Å². The molecule has 5 aromatic rings. The van der Waals surface area contributed by atoms with Gasteiger partial charge in [0.15, 0.2) is 0 Å². The zero-order valence-corrected chi connectivity index (χ0v) is 21.4. The van der Waals surface area contributed by atoms with Gasteiger partial charge in [-0.2, -0.15) is 0 Å². The fourth-order valence-electron chi connectivity index (χ4n) is 4.62. The van der Waals surface area contributed by atoms with Gasteiger partial charge in [-0.3, -0.25) is 14.5 Å². The largest absolute Gasteiger partial charge is 0.480 e. The first-order valence-corrected chi connectivity index (χ1v) is 13.4. The Hall–Kier alpha value is -4.83. The van der Waals surface area contributed by atoms with Gasteiger partial charge in [-0.25, -0.2) is 17.8 Å². The van der Waals surface area contributed by atoms with E-state index in [1.807, 2.05) is 18.2 Å².